The zero-order chi connectivity index (χ0) is 11.8. The maximum absolute atomic E-state index is 3.60. The van der Waals surface area contributed by atoms with Crippen LogP contribution in [0.1, 0.15) is 40.0 Å². The van der Waals surface area contributed by atoms with Gasteiger partial charge in [-0.2, -0.15) is 0 Å². The van der Waals surface area contributed by atoms with Gasteiger partial charge in [0.1, 0.15) is 0 Å². The maximum Gasteiger partial charge on any atom is 0.0214 e. The first-order valence-electron chi connectivity index (χ1n) is 6.57. The van der Waals surface area contributed by atoms with E-state index in [0.29, 0.717) is 0 Å². The van der Waals surface area contributed by atoms with Crippen molar-refractivity contribution in [3.63, 3.8) is 0 Å². The van der Waals surface area contributed by atoms with E-state index >= 15 is 0 Å². The smallest absolute Gasteiger partial charge is 0.0214 e. The number of rotatable bonds is 5. The van der Waals surface area contributed by atoms with Crippen LogP contribution in [-0.4, -0.2) is 37.1 Å². The molecule has 2 nitrogen and oxygen atoms in total. The van der Waals surface area contributed by atoms with E-state index in [4.69, 9.17) is 0 Å². The molecule has 1 saturated heterocycles. The zero-order valence-electron chi connectivity index (χ0n) is 11.1. The van der Waals surface area contributed by atoms with E-state index in [2.05, 4.69) is 35.9 Å². The second-order valence-electron chi connectivity index (χ2n) is 5.10. The molecule has 0 aromatic carbocycles. The van der Waals surface area contributed by atoms with Gasteiger partial charge in [0.2, 0.25) is 0 Å². The summed E-state index contributed by atoms with van der Waals surface area (Å²) in [5.74, 6) is 6.83. The third-order valence-corrected chi connectivity index (χ3v) is 3.07. The molecule has 1 fully saturated rings. The molecule has 2 heteroatoms. The minimum atomic E-state index is 0.724. The number of likely N-dealkylation sites (tertiary alicyclic amines) is 1. The van der Waals surface area contributed by atoms with Crippen LogP contribution in [0.2, 0.25) is 0 Å². The molecule has 0 bridgehead atoms. The van der Waals surface area contributed by atoms with Gasteiger partial charge in [0.25, 0.3) is 0 Å². The lowest BCUT2D eigenvalue weighted by atomic mass is 10.0. The monoisotopic (exact) mass is 222 g/mol. The van der Waals surface area contributed by atoms with Crippen LogP contribution in [0.25, 0.3) is 0 Å². The van der Waals surface area contributed by atoms with Crippen molar-refractivity contribution in [1.29, 1.82) is 0 Å². The predicted molar refractivity (Wildman–Crippen MR) is 70.4 cm³/mol. The summed E-state index contributed by atoms with van der Waals surface area (Å²) in [6.45, 7) is 11.3. The van der Waals surface area contributed by atoms with Crippen molar-refractivity contribution in [1.82, 2.24) is 10.2 Å². The Kier molecular flexibility index (Phi) is 6.52. The van der Waals surface area contributed by atoms with Gasteiger partial charge in [-0.1, -0.05) is 13.8 Å². The Labute approximate surface area is 101 Å². The van der Waals surface area contributed by atoms with E-state index in [0.717, 1.165) is 24.9 Å². The molecule has 1 N–H and O–H groups in total. The Morgan fingerprint density at radius 2 is 2.00 bits per heavy atom. The third-order valence-electron chi connectivity index (χ3n) is 3.07. The third kappa shape index (κ3) is 5.53. The van der Waals surface area contributed by atoms with Crippen molar-refractivity contribution in [3.05, 3.63) is 0 Å². The number of hydrogen-bond donors (Lipinski definition) is 1. The summed E-state index contributed by atoms with van der Waals surface area (Å²) >= 11 is 0. The fourth-order valence-electron chi connectivity index (χ4n) is 2.30. The fourth-order valence-corrected chi connectivity index (χ4v) is 2.30. The summed E-state index contributed by atoms with van der Waals surface area (Å²) in [5, 5.41) is 3.60. The minimum Gasteiger partial charge on any atom is -0.313 e. The number of nitrogens with zero attached hydrogens (tertiary/aromatic N) is 1. The molecule has 0 spiro atoms. The minimum absolute atomic E-state index is 0.724. The zero-order valence-corrected chi connectivity index (χ0v) is 11.1. The van der Waals surface area contributed by atoms with E-state index in [1.54, 1.807) is 0 Å². The van der Waals surface area contributed by atoms with Crippen LogP contribution in [-0.2, 0) is 0 Å². The van der Waals surface area contributed by atoms with Crippen LogP contribution in [0.5, 0.6) is 0 Å². The molecule has 0 radical (unpaired) electrons. The van der Waals surface area contributed by atoms with Crippen LogP contribution in [0.3, 0.4) is 0 Å². The Balaban J connectivity index is 2.09. The summed E-state index contributed by atoms with van der Waals surface area (Å²) in [4.78, 5) is 2.59. The largest absolute Gasteiger partial charge is 0.313 e. The second-order valence-corrected chi connectivity index (χ2v) is 5.10. The molecule has 0 aromatic heterocycles. The molecular formula is C14H26N2. The molecule has 0 aromatic rings. The normalized spacial score (nSPS) is 18.5. The fraction of sp³-hybridized carbons (Fsp3) is 0.857. The Bertz CT molecular complexity index is 229. The summed E-state index contributed by atoms with van der Waals surface area (Å²) in [6, 6.07) is 0.724. The first-order valence-corrected chi connectivity index (χ1v) is 6.57. The van der Waals surface area contributed by atoms with Gasteiger partial charge in [-0.3, -0.25) is 0 Å². The summed E-state index contributed by atoms with van der Waals surface area (Å²) in [7, 11) is 0. The van der Waals surface area contributed by atoms with E-state index in [1.807, 2.05) is 6.92 Å². The van der Waals surface area contributed by atoms with Gasteiger partial charge < -0.3 is 10.2 Å². The highest BCUT2D eigenvalue weighted by Crippen LogP contribution is 2.11. The van der Waals surface area contributed by atoms with Crippen LogP contribution in [0, 0.1) is 17.8 Å². The lowest BCUT2D eigenvalue weighted by molar-refractivity contribution is 0.180. The van der Waals surface area contributed by atoms with Crippen LogP contribution < -0.4 is 5.32 Å². The topological polar surface area (TPSA) is 15.3 Å². The molecule has 16 heavy (non-hydrogen) atoms. The van der Waals surface area contributed by atoms with Crippen LogP contribution in [0.15, 0.2) is 0 Å². The Morgan fingerprint density at radius 1 is 1.31 bits per heavy atom. The highest BCUT2D eigenvalue weighted by Gasteiger charge is 2.18. The average molecular weight is 222 g/mol. The molecule has 1 aliphatic rings. The molecule has 0 unspecified atom stereocenters. The SMILES string of the molecule is CC#CCCNC1CCN(CC(C)C)CC1. The molecule has 0 amide bonds. The first kappa shape index (κ1) is 13.5. The Morgan fingerprint density at radius 3 is 2.56 bits per heavy atom. The number of nitrogens with one attached hydrogen (secondary N) is 1. The maximum atomic E-state index is 3.60. The van der Waals surface area contributed by atoms with Crippen molar-refractivity contribution in [3.8, 4) is 11.8 Å². The van der Waals surface area contributed by atoms with Gasteiger partial charge in [-0.05, 0) is 38.8 Å². The molecule has 1 heterocycles. The van der Waals surface area contributed by atoms with E-state index in [9.17, 15) is 0 Å². The van der Waals surface area contributed by atoms with E-state index in [1.165, 1.54) is 32.5 Å². The lowest BCUT2D eigenvalue weighted by Gasteiger charge is -2.33. The average Bonchev–Trinajstić information content (AvgIpc) is 2.26. The molecule has 1 aliphatic heterocycles. The first-order chi connectivity index (χ1) is 7.72. The molecule has 1 rings (SSSR count). The van der Waals surface area contributed by atoms with Gasteiger partial charge in [-0.15, -0.1) is 11.8 Å². The van der Waals surface area contributed by atoms with Gasteiger partial charge in [0.05, 0.1) is 0 Å². The lowest BCUT2D eigenvalue weighted by Crippen LogP contribution is -2.43. The van der Waals surface area contributed by atoms with Crippen LogP contribution >= 0.6 is 0 Å². The molecule has 0 atom stereocenters. The predicted octanol–water partition coefficient (Wildman–Crippen LogP) is 2.11. The molecule has 92 valence electrons. The Hall–Kier alpha value is -0.520. The van der Waals surface area contributed by atoms with Gasteiger partial charge in [-0.25, -0.2) is 0 Å². The van der Waals surface area contributed by atoms with Crippen molar-refractivity contribution < 1.29 is 0 Å². The van der Waals surface area contributed by atoms with E-state index < -0.39 is 0 Å². The molecule has 0 aliphatic carbocycles. The summed E-state index contributed by atoms with van der Waals surface area (Å²) in [6.07, 6.45) is 3.58. The van der Waals surface area contributed by atoms with Crippen molar-refractivity contribution in [2.45, 2.75) is 46.1 Å². The van der Waals surface area contributed by atoms with Gasteiger partial charge in [0.15, 0.2) is 0 Å². The number of hydrogen-bond acceptors (Lipinski definition) is 2. The standard InChI is InChI=1S/C14H26N2/c1-4-5-6-9-15-14-7-10-16(11-8-14)12-13(2)3/h13-15H,6-12H2,1-3H3. The second kappa shape index (κ2) is 7.70. The van der Waals surface area contributed by atoms with Gasteiger partial charge >= 0.3 is 0 Å². The van der Waals surface area contributed by atoms with Crippen molar-refractivity contribution in [2.75, 3.05) is 26.2 Å². The quantitative estimate of drug-likeness (QED) is 0.566. The highest BCUT2D eigenvalue weighted by atomic mass is 15.1. The van der Waals surface area contributed by atoms with Gasteiger partial charge in [0, 0.05) is 25.6 Å². The van der Waals surface area contributed by atoms with Crippen LogP contribution in [0.4, 0.5) is 0 Å². The molecular weight excluding hydrogens is 196 g/mol. The summed E-state index contributed by atoms with van der Waals surface area (Å²) in [5.41, 5.74) is 0. The molecule has 0 saturated carbocycles. The highest BCUT2D eigenvalue weighted by molar-refractivity contribution is 4.95. The van der Waals surface area contributed by atoms with E-state index in [-0.39, 0.29) is 0 Å². The van der Waals surface area contributed by atoms with Crippen molar-refractivity contribution in [2.24, 2.45) is 5.92 Å². The summed E-state index contributed by atoms with van der Waals surface area (Å²) < 4.78 is 0. The number of piperidine rings is 1. The van der Waals surface area contributed by atoms with Crippen molar-refractivity contribution >= 4 is 0 Å².